The predicted octanol–water partition coefficient (Wildman–Crippen LogP) is 4.14. The van der Waals surface area contributed by atoms with E-state index in [1.165, 1.54) is 0 Å². The average molecular weight is 418 g/mol. The molecule has 0 amide bonds. The summed E-state index contributed by atoms with van der Waals surface area (Å²) in [5.41, 5.74) is 3.66. The molecule has 0 bridgehead atoms. The maximum Gasteiger partial charge on any atom is 0.258 e. The number of H-pyrrole nitrogens is 1. The molecule has 31 heavy (non-hydrogen) atoms. The van der Waals surface area contributed by atoms with E-state index in [0.29, 0.717) is 24.4 Å². The molecule has 1 aliphatic heterocycles. The molecule has 1 aromatic carbocycles. The number of aromatic amines is 1. The summed E-state index contributed by atoms with van der Waals surface area (Å²) in [5.74, 6) is 1.58. The van der Waals surface area contributed by atoms with Gasteiger partial charge in [-0.25, -0.2) is 4.98 Å². The van der Waals surface area contributed by atoms with Crippen LogP contribution in [0.25, 0.3) is 27.8 Å². The first-order valence-corrected chi connectivity index (χ1v) is 10.8. The minimum atomic E-state index is -0.169. The zero-order chi connectivity index (χ0) is 21.4. The summed E-state index contributed by atoms with van der Waals surface area (Å²) in [6, 6.07) is 11.6. The van der Waals surface area contributed by atoms with Crippen molar-refractivity contribution in [3.05, 3.63) is 58.5 Å². The molecule has 1 aliphatic rings. The van der Waals surface area contributed by atoms with Crippen LogP contribution in [0.15, 0.2) is 47.4 Å². The number of pyridine rings is 2. The number of fused-ring (bicyclic) bond motifs is 2. The number of hydrogen-bond acceptors (Lipinski definition) is 5. The van der Waals surface area contributed by atoms with Crippen molar-refractivity contribution in [2.24, 2.45) is 0 Å². The van der Waals surface area contributed by atoms with Crippen LogP contribution in [-0.4, -0.2) is 40.2 Å². The molecule has 7 heteroatoms. The number of anilines is 1. The second-order valence-electron chi connectivity index (χ2n) is 7.95. The van der Waals surface area contributed by atoms with E-state index in [9.17, 15) is 4.79 Å². The third kappa shape index (κ3) is 3.77. The van der Waals surface area contributed by atoms with Gasteiger partial charge in [-0.15, -0.1) is 0 Å². The van der Waals surface area contributed by atoms with Crippen molar-refractivity contribution in [3.63, 3.8) is 0 Å². The van der Waals surface area contributed by atoms with Gasteiger partial charge >= 0.3 is 0 Å². The SMILES string of the molecule is CCOc1ccc2[nH]c(=O)c(-c3nc4ccc(C)cn4c3NC[C@@H]3CCCO3)cc2c1. The van der Waals surface area contributed by atoms with Gasteiger partial charge < -0.3 is 19.8 Å². The molecule has 0 aliphatic carbocycles. The van der Waals surface area contributed by atoms with Gasteiger partial charge in [0.1, 0.15) is 22.9 Å². The fraction of sp³-hybridized carbons (Fsp3) is 0.333. The van der Waals surface area contributed by atoms with Crippen LogP contribution in [0.2, 0.25) is 0 Å². The quantitative estimate of drug-likeness (QED) is 0.492. The van der Waals surface area contributed by atoms with E-state index >= 15 is 0 Å². The molecule has 4 heterocycles. The fourth-order valence-corrected chi connectivity index (χ4v) is 4.14. The van der Waals surface area contributed by atoms with Crippen molar-refractivity contribution in [2.75, 3.05) is 25.1 Å². The number of aryl methyl sites for hydroxylation is 1. The van der Waals surface area contributed by atoms with Gasteiger partial charge in [0.15, 0.2) is 0 Å². The highest BCUT2D eigenvalue weighted by atomic mass is 16.5. The summed E-state index contributed by atoms with van der Waals surface area (Å²) in [7, 11) is 0. The number of hydrogen-bond donors (Lipinski definition) is 2. The van der Waals surface area contributed by atoms with Crippen LogP contribution in [0.4, 0.5) is 5.82 Å². The Morgan fingerprint density at radius 1 is 1.29 bits per heavy atom. The molecule has 0 saturated carbocycles. The van der Waals surface area contributed by atoms with Gasteiger partial charge in [0, 0.05) is 30.3 Å². The van der Waals surface area contributed by atoms with Crippen molar-refractivity contribution >= 4 is 22.4 Å². The van der Waals surface area contributed by atoms with Gasteiger partial charge in [-0.1, -0.05) is 6.07 Å². The minimum absolute atomic E-state index is 0.169. The Kier molecular flexibility index (Phi) is 5.11. The zero-order valence-corrected chi connectivity index (χ0v) is 17.8. The van der Waals surface area contributed by atoms with Crippen molar-refractivity contribution in [1.29, 1.82) is 0 Å². The van der Waals surface area contributed by atoms with Crippen molar-refractivity contribution < 1.29 is 9.47 Å². The first-order valence-electron chi connectivity index (χ1n) is 10.8. The largest absolute Gasteiger partial charge is 0.494 e. The Hall–Kier alpha value is -3.32. The van der Waals surface area contributed by atoms with E-state index in [2.05, 4.69) is 10.3 Å². The van der Waals surface area contributed by atoms with Gasteiger partial charge in [-0.3, -0.25) is 9.20 Å². The monoisotopic (exact) mass is 418 g/mol. The lowest BCUT2D eigenvalue weighted by Gasteiger charge is -2.13. The van der Waals surface area contributed by atoms with Gasteiger partial charge in [-0.05, 0) is 62.6 Å². The van der Waals surface area contributed by atoms with Crippen LogP contribution in [0.5, 0.6) is 5.75 Å². The Bertz CT molecular complexity index is 1300. The number of benzene rings is 1. The van der Waals surface area contributed by atoms with Crippen molar-refractivity contribution in [2.45, 2.75) is 32.8 Å². The summed E-state index contributed by atoms with van der Waals surface area (Å²) in [4.78, 5) is 20.8. The first-order chi connectivity index (χ1) is 15.1. The number of nitrogens with zero attached hydrogens (tertiary/aromatic N) is 2. The molecule has 2 N–H and O–H groups in total. The lowest BCUT2D eigenvalue weighted by Crippen LogP contribution is -2.20. The lowest BCUT2D eigenvalue weighted by atomic mass is 10.1. The summed E-state index contributed by atoms with van der Waals surface area (Å²) in [5, 5.41) is 4.41. The Morgan fingerprint density at radius 2 is 2.19 bits per heavy atom. The van der Waals surface area contributed by atoms with Crippen LogP contribution in [0.3, 0.4) is 0 Å². The molecule has 160 valence electrons. The van der Waals surface area contributed by atoms with Crippen molar-refractivity contribution in [1.82, 2.24) is 14.4 Å². The van der Waals surface area contributed by atoms with Crippen LogP contribution in [0.1, 0.15) is 25.3 Å². The second kappa shape index (κ2) is 8.07. The summed E-state index contributed by atoms with van der Waals surface area (Å²) in [6.07, 6.45) is 4.32. The molecule has 5 rings (SSSR count). The number of nitrogens with one attached hydrogen (secondary N) is 2. The smallest absolute Gasteiger partial charge is 0.258 e. The zero-order valence-electron chi connectivity index (χ0n) is 17.8. The molecule has 3 aromatic heterocycles. The number of aromatic nitrogens is 3. The predicted molar refractivity (Wildman–Crippen MR) is 122 cm³/mol. The van der Waals surface area contributed by atoms with E-state index in [-0.39, 0.29) is 11.7 Å². The number of ether oxygens (including phenoxy) is 2. The van der Waals surface area contributed by atoms with Crippen LogP contribution < -0.4 is 15.6 Å². The number of imidazole rings is 1. The van der Waals surface area contributed by atoms with E-state index in [1.807, 2.05) is 60.8 Å². The van der Waals surface area contributed by atoms with Crippen LogP contribution >= 0.6 is 0 Å². The van der Waals surface area contributed by atoms with Crippen LogP contribution in [0, 0.1) is 6.92 Å². The summed E-state index contributed by atoms with van der Waals surface area (Å²) < 4.78 is 13.4. The normalized spacial score (nSPS) is 16.3. The van der Waals surface area contributed by atoms with Crippen LogP contribution in [-0.2, 0) is 4.74 Å². The molecule has 1 atom stereocenters. The topological polar surface area (TPSA) is 80.7 Å². The molecule has 1 saturated heterocycles. The Labute approximate surface area is 180 Å². The Balaban J connectivity index is 1.64. The van der Waals surface area contributed by atoms with E-state index in [4.69, 9.17) is 14.5 Å². The van der Waals surface area contributed by atoms with Crippen molar-refractivity contribution in [3.8, 4) is 17.0 Å². The maximum absolute atomic E-state index is 13.0. The van der Waals surface area contributed by atoms with Gasteiger partial charge in [-0.2, -0.15) is 0 Å². The lowest BCUT2D eigenvalue weighted by molar-refractivity contribution is 0.120. The fourth-order valence-electron chi connectivity index (χ4n) is 4.14. The molecule has 0 radical (unpaired) electrons. The molecule has 0 spiro atoms. The first kappa shape index (κ1) is 19.6. The molecular weight excluding hydrogens is 392 g/mol. The summed E-state index contributed by atoms with van der Waals surface area (Å²) in [6.45, 7) is 6.06. The maximum atomic E-state index is 13.0. The second-order valence-corrected chi connectivity index (χ2v) is 7.95. The third-order valence-corrected chi connectivity index (χ3v) is 5.67. The van der Waals surface area contributed by atoms with Gasteiger partial charge in [0.25, 0.3) is 5.56 Å². The van der Waals surface area contributed by atoms with E-state index < -0.39 is 0 Å². The molecule has 1 fully saturated rings. The summed E-state index contributed by atoms with van der Waals surface area (Å²) >= 11 is 0. The molecular formula is C24H26N4O3. The Morgan fingerprint density at radius 3 is 3.00 bits per heavy atom. The molecule has 0 unspecified atom stereocenters. The highest BCUT2D eigenvalue weighted by molar-refractivity contribution is 5.87. The van der Waals surface area contributed by atoms with Gasteiger partial charge in [0.2, 0.25) is 0 Å². The highest BCUT2D eigenvalue weighted by Crippen LogP contribution is 2.30. The number of rotatable bonds is 6. The van der Waals surface area contributed by atoms with Gasteiger partial charge in [0.05, 0.1) is 18.3 Å². The molecule has 7 nitrogen and oxygen atoms in total. The van der Waals surface area contributed by atoms with E-state index in [0.717, 1.165) is 53.1 Å². The molecule has 4 aromatic rings. The third-order valence-electron chi connectivity index (χ3n) is 5.67. The standard InChI is InChI=1S/C24H26N4O3/c1-3-30-17-7-8-20-16(11-17)12-19(24(29)26-20)22-23(25-13-18-5-4-10-31-18)28-14-15(2)6-9-21(28)27-22/h6-9,11-12,14,18,25H,3-5,10,13H2,1-2H3,(H,26,29)/t18-/m0/s1. The highest BCUT2D eigenvalue weighted by Gasteiger charge is 2.21. The average Bonchev–Trinajstić information content (AvgIpc) is 3.40. The minimum Gasteiger partial charge on any atom is -0.494 e. The van der Waals surface area contributed by atoms with E-state index in [1.54, 1.807) is 0 Å².